The lowest BCUT2D eigenvalue weighted by Crippen LogP contribution is -2.25. The number of fused-ring (bicyclic) bond motifs is 1. The molecule has 1 saturated carbocycles. The van der Waals surface area contributed by atoms with Crippen LogP contribution in [0.4, 0.5) is 13.2 Å². The molecule has 0 atom stereocenters. The van der Waals surface area contributed by atoms with Gasteiger partial charge >= 0.3 is 6.18 Å². The lowest BCUT2D eigenvalue weighted by atomic mass is 10.2. The van der Waals surface area contributed by atoms with Gasteiger partial charge in [0.25, 0.3) is 5.56 Å². The van der Waals surface area contributed by atoms with Crippen molar-refractivity contribution in [3.05, 3.63) is 51.8 Å². The Morgan fingerprint density at radius 1 is 1.19 bits per heavy atom. The number of aromatic nitrogens is 4. The molecular formula is C18H16ClF3N4O. The Bertz CT molecular complexity index is 1040. The van der Waals surface area contributed by atoms with E-state index in [0.717, 1.165) is 12.8 Å². The molecule has 142 valence electrons. The molecule has 0 N–H and O–H groups in total. The Kier molecular flexibility index (Phi) is 4.46. The van der Waals surface area contributed by atoms with Crippen molar-refractivity contribution in [3.63, 3.8) is 0 Å². The molecule has 0 spiro atoms. The van der Waals surface area contributed by atoms with Gasteiger partial charge in [0.1, 0.15) is 5.82 Å². The standard InChI is InChI=1S/C18H16ClF3N4O/c19-11-3-5-13(6-4-11)26-14(2-1-9-18(20,21)22)24-16-15(17(26)27)23-10-25(16)12-7-8-12/h3-6,10,12H,1-2,7-9H2. The van der Waals surface area contributed by atoms with E-state index in [-0.39, 0.29) is 30.0 Å². The second-order valence-electron chi connectivity index (χ2n) is 6.67. The topological polar surface area (TPSA) is 52.7 Å². The van der Waals surface area contributed by atoms with Crippen LogP contribution in [0.25, 0.3) is 16.9 Å². The fourth-order valence-corrected chi connectivity index (χ4v) is 3.23. The fraction of sp³-hybridized carbons (Fsp3) is 0.389. The maximum atomic E-state index is 13.0. The van der Waals surface area contributed by atoms with Crippen LogP contribution in [-0.4, -0.2) is 25.3 Å². The molecule has 27 heavy (non-hydrogen) atoms. The Hall–Kier alpha value is -2.35. The van der Waals surface area contributed by atoms with Gasteiger partial charge in [0.15, 0.2) is 11.2 Å². The molecule has 2 heterocycles. The highest BCUT2D eigenvalue weighted by Crippen LogP contribution is 2.36. The summed E-state index contributed by atoms with van der Waals surface area (Å²) in [5, 5.41) is 0.498. The molecule has 4 rings (SSSR count). The number of imidazole rings is 1. The van der Waals surface area contributed by atoms with Crippen LogP contribution in [0, 0.1) is 0 Å². The highest BCUT2D eigenvalue weighted by atomic mass is 35.5. The highest BCUT2D eigenvalue weighted by molar-refractivity contribution is 6.30. The van der Waals surface area contributed by atoms with Gasteiger partial charge in [-0.25, -0.2) is 9.97 Å². The van der Waals surface area contributed by atoms with E-state index < -0.39 is 12.6 Å². The maximum absolute atomic E-state index is 13.0. The van der Waals surface area contributed by atoms with Crippen LogP contribution in [0.1, 0.15) is 37.5 Å². The largest absolute Gasteiger partial charge is 0.389 e. The molecule has 1 fully saturated rings. The van der Waals surface area contributed by atoms with E-state index in [0.29, 0.717) is 22.2 Å². The zero-order valence-electron chi connectivity index (χ0n) is 14.2. The lowest BCUT2D eigenvalue weighted by molar-refractivity contribution is -0.135. The van der Waals surface area contributed by atoms with Gasteiger partial charge in [-0.3, -0.25) is 9.36 Å². The van der Waals surface area contributed by atoms with E-state index in [1.54, 1.807) is 30.6 Å². The second kappa shape index (κ2) is 6.67. The summed E-state index contributed by atoms with van der Waals surface area (Å²) in [5.41, 5.74) is 0.775. The molecule has 1 aliphatic rings. The van der Waals surface area contributed by atoms with Gasteiger partial charge in [-0.15, -0.1) is 0 Å². The van der Waals surface area contributed by atoms with Crippen molar-refractivity contribution in [2.45, 2.75) is 44.3 Å². The van der Waals surface area contributed by atoms with Gasteiger partial charge in [0, 0.05) is 23.9 Å². The van der Waals surface area contributed by atoms with Crippen LogP contribution in [0.3, 0.4) is 0 Å². The number of benzene rings is 1. The number of alkyl halides is 3. The predicted molar refractivity (Wildman–Crippen MR) is 95.4 cm³/mol. The van der Waals surface area contributed by atoms with Crippen LogP contribution in [-0.2, 0) is 6.42 Å². The first-order valence-corrected chi connectivity index (χ1v) is 9.02. The minimum atomic E-state index is -4.24. The Balaban J connectivity index is 1.82. The van der Waals surface area contributed by atoms with E-state index in [4.69, 9.17) is 11.6 Å². The van der Waals surface area contributed by atoms with Crippen LogP contribution < -0.4 is 5.56 Å². The molecule has 0 unspecified atom stereocenters. The van der Waals surface area contributed by atoms with Gasteiger partial charge in [0.05, 0.1) is 12.0 Å². The molecule has 2 aromatic heterocycles. The third-order valence-electron chi connectivity index (χ3n) is 4.55. The van der Waals surface area contributed by atoms with Gasteiger partial charge in [-0.1, -0.05) is 11.6 Å². The summed E-state index contributed by atoms with van der Waals surface area (Å²) in [5.74, 6) is 0.293. The summed E-state index contributed by atoms with van der Waals surface area (Å²) < 4.78 is 40.9. The molecule has 1 aromatic carbocycles. The average Bonchev–Trinajstić information content (AvgIpc) is 3.35. The third-order valence-corrected chi connectivity index (χ3v) is 4.80. The average molecular weight is 397 g/mol. The maximum Gasteiger partial charge on any atom is 0.389 e. The van der Waals surface area contributed by atoms with Crippen molar-refractivity contribution < 1.29 is 13.2 Å². The van der Waals surface area contributed by atoms with Gasteiger partial charge in [0.2, 0.25) is 0 Å². The van der Waals surface area contributed by atoms with Gasteiger partial charge in [-0.2, -0.15) is 13.2 Å². The summed E-state index contributed by atoms with van der Waals surface area (Å²) in [6, 6.07) is 6.78. The molecule has 0 aliphatic heterocycles. The third kappa shape index (κ3) is 3.71. The number of aryl methyl sites for hydroxylation is 1. The number of hydrogen-bond donors (Lipinski definition) is 0. The summed E-state index contributed by atoms with van der Waals surface area (Å²) >= 11 is 5.91. The van der Waals surface area contributed by atoms with Crippen molar-refractivity contribution >= 4 is 22.8 Å². The molecule has 0 bridgehead atoms. The number of hydrogen-bond acceptors (Lipinski definition) is 3. The van der Waals surface area contributed by atoms with Crippen molar-refractivity contribution in [2.24, 2.45) is 0 Å². The molecular weight excluding hydrogens is 381 g/mol. The van der Waals surface area contributed by atoms with E-state index in [1.807, 2.05) is 4.57 Å². The van der Waals surface area contributed by atoms with E-state index >= 15 is 0 Å². The summed E-state index contributed by atoms with van der Waals surface area (Å²) in [7, 11) is 0. The Morgan fingerprint density at radius 2 is 1.89 bits per heavy atom. The van der Waals surface area contributed by atoms with E-state index in [2.05, 4.69) is 9.97 Å². The number of nitrogens with zero attached hydrogens (tertiary/aromatic N) is 4. The highest BCUT2D eigenvalue weighted by Gasteiger charge is 2.29. The normalized spacial score (nSPS) is 14.8. The zero-order valence-corrected chi connectivity index (χ0v) is 15.0. The second-order valence-corrected chi connectivity index (χ2v) is 7.11. The first-order chi connectivity index (χ1) is 12.8. The van der Waals surface area contributed by atoms with Crippen LogP contribution in [0.2, 0.25) is 5.02 Å². The van der Waals surface area contributed by atoms with E-state index in [9.17, 15) is 18.0 Å². The summed E-state index contributed by atoms with van der Waals surface area (Å²) in [4.78, 5) is 21.8. The minimum absolute atomic E-state index is 0.0309. The minimum Gasteiger partial charge on any atom is -0.312 e. The SMILES string of the molecule is O=c1c2ncn(C3CC3)c2nc(CCCC(F)(F)F)n1-c1ccc(Cl)cc1. The number of rotatable bonds is 5. The monoisotopic (exact) mass is 396 g/mol. The molecule has 0 radical (unpaired) electrons. The molecule has 3 aromatic rings. The predicted octanol–water partition coefficient (Wildman–Crippen LogP) is 4.46. The van der Waals surface area contributed by atoms with Gasteiger partial charge in [-0.05, 0) is 43.5 Å². The molecule has 1 aliphatic carbocycles. The van der Waals surface area contributed by atoms with Crippen molar-refractivity contribution in [1.29, 1.82) is 0 Å². The van der Waals surface area contributed by atoms with Crippen LogP contribution >= 0.6 is 11.6 Å². The fourth-order valence-electron chi connectivity index (χ4n) is 3.10. The van der Waals surface area contributed by atoms with Gasteiger partial charge < -0.3 is 4.57 Å². The first kappa shape index (κ1) is 18.0. The van der Waals surface area contributed by atoms with Crippen molar-refractivity contribution in [1.82, 2.24) is 19.1 Å². The van der Waals surface area contributed by atoms with Crippen LogP contribution in [0.5, 0.6) is 0 Å². The Labute approximate surface area is 157 Å². The van der Waals surface area contributed by atoms with Crippen LogP contribution in [0.15, 0.2) is 35.4 Å². The quantitative estimate of drug-likeness (QED) is 0.640. The van der Waals surface area contributed by atoms with E-state index in [1.165, 1.54) is 4.57 Å². The smallest absolute Gasteiger partial charge is 0.312 e. The molecule has 5 nitrogen and oxygen atoms in total. The lowest BCUT2D eigenvalue weighted by Gasteiger charge is -2.13. The summed E-state index contributed by atoms with van der Waals surface area (Å²) in [6.07, 6.45) is -1.74. The number of halogens is 4. The molecule has 9 heteroatoms. The Morgan fingerprint density at radius 3 is 2.52 bits per heavy atom. The summed E-state index contributed by atoms with van der Waals surface area (Å²) in [6.45, 7) is 0. The molecule has 0 amide bonds. The first-order valence-electron chi connectivity index (χ1n) is 8.64. The van der Waals surface area contributed by atoms with Crippen molar-refractivity contribution in [2.75, 3.05) is 0 Å². The molecule has 0 saturated heterocycles. The van der Waals surface area contributed by atoms with Crippen molar-refractivity contribution in [3.8, 4) is 5.69 Å². The zero-order chi connectivity index (χ0) is 19.2.